The van der Waals surface area contributed by atoms with Crippen LogP contribution in [0.3, 0.4) is 0 Å². The normalized spacial score (nSPS) is 12.3. The Kier molecular flexibility index (Phi) is 8.40. The highest BCUT2D eigenvalue weighted by Gasteiger charge is 2.04. The summed E-state index contributed by atoms with van der Waals surface area (Å²) in [6.45, 7) is 10.7. The van der Waals surface area contributed by atoms with E-state index < -0.39 is 0 Å². The highest BCUT2D eigenvalue weighted by molar-refractivity contribution is 5.10. The molecule has 0 spiro atoms. The van der Waals surface area contributed by atoms with Gasteiger partial charge in [-0.2, -0.15) is 0 Å². The standard InChI is InChI=1S/C14H26O/c1-5-6-7-14(12(2)3)9-8-13(4)10-11-15/h5,13,15H,1,6-11H2,2-4H3. The minimum absolute atomic E-state index is 0.317. The maximum atomic E-state index is 8.83. The predicted octanol–water partition coefficient (Wildman–Crippen LogP) is 4.09. The van der Waals surface area contributed by atoms with Crippen LogP contribution in [0.2, 0.25) is 0 Å². The molecule has 0 radical (unpaired) electrons. The van der Waals surface area contributed by atoms with Gasteiger partial charge in [-0.05, 0) is 51.9 Å². The van der Waals surface area contributed by atoms with E-state index in [2.05, 4.69) is 27.4 Å². The zero-order chi connectivity index (χ0) is 11.7. The predicted molar refractivity (Wildman–Crippen MR) is 67.9 cm³/mol. The Morgan fingerprint density at radius 2 is 1.93 bits per heavy atom. The number of hydrogen-bond acceptors (Lipinski definition) is 1. The Labute approximate surface area is 94.9 Å². The Hall–Kier alpha value is -0.560. The fraction of sp³-hybridized carbons (Fsp3) is 0.714. The average molecular weight is 210 g/mol. The van der Waals surface area contributed by atoms with E-state index >= 15 is 0 Å². The first-order valence-corrected chi connectivity index (χ1v) is 5.98. The lowest BCUT2D eigenvalue weighted by atomic mass is 9.94. The Morgan fingerprint density at radius 3 is 2.40 bits per heavy atom. The van der Waals surface area contributed by atoms with Crippen LogP contribution in [-0.2, 0) is 0 Å². The van der Waals surface area contributed by atoms with E-state index in [-0.39, 0.29) is 0 Å². The lowest BCUT2D eigenvalue weighted by Crippen LogP contribution is -1.99. The van der Waals surface area contributed by atoms with Crippen LogP contribution in [0.4, 0.5) is 0 Å². The quantitative estimate of drug-likeness (QED) is 0.598. The number of rotatable bonds is 8. The van der Waals surface area contributed by atoms with Crippen molar-refractivity contribution >= 4 is 0 Å². The van der Waals surface area contributed by atoms with Gasteiger partial charge in [0.1, 0.15) is 0 Å². The van der Waals surface area contributed by atoms with Crippen LogP contribution in [0.1, 0.15) is 52.9 Å². The van der Waals surface area contributed by atoms with Crippen LogP contribution in [0.25, 0.3) is 0 Å². The fourth-order valence-corrected chi connectivity index (χ4v) is 1.69. The van der Waals surface area contributed by atoms with Gasteiger partial charge in [-0.25, -0.2) is 0 Å². The molecule has 0 aromatic carbocycles. The van der Waals surface area contributed by atoms with Gasteiger partial charge < -0.3 is 5.11 Å². The Bertz CT molecular complexity index is 199. The summed E-state index contributed by atoms with van der Waals surface area (Å²) in [5.41, 5.74) is 3.02. The van der Waals surface area contributed by atoms with Crippen molar-refractivity contribution in [2.75, 3.05) is 6.61 Å². The van der Waals surface area contributed by atoms with Gasteiger partial charge in [0, 0.05) is 6.61 Å². The zero-order valence-corrected chi connectivity index (χ0v) is 10.6. The van der Waals surface area contributed by atoms with Gasteiger partial charge >= 0.3 is 0 Å². The topological polar surface area (TPSA) is 20.2 Å². The van der Waals surface area contributed by atoms with Crippen LogP contribution in [0.15, 0.2) is 23.8 Å². The molecule has 0 aliphatic rings. The summed E-state index contributed by atoms with van der Waals surface area (Å²) < 4.78 is 0. The lowest BCUT2D eigenvalue weighted by Gasteiger charge is -2.13. The first-order chi connectivity index (χ1) is 7.11. The molecular weight excluding hydrogens is 184 g/mol. The fourth-order valence-electron chi connectivity index (χ4n) is 1.69. The second kappa shape index (κ2) is 8.72. The van der Waals surface area contributed by atoms with Crippen molar-refractivity contribution in [1.82, 2.24) is 0 Å². The average Bonchev–Trinajstić information content (AvgIpc) is 2.17. The maximum absolute atomic E-state index is 8.83. The molecule has 0 heterocycles. The maximum Gasteiger partial charge on any atom is 0.0433 e. The molecule has 88 valence electrons. The molecule has 1 atom stereocenters. The summed E-state index contributed by atoms with van der Waals surface area (Å²) >= 11 is 0. The minimum Gasteiger partial charge on any atom is -0.396 e. The van der Waals surface area contributed by atoms with Crippen LogP contribution < -0.4 is 0 Å². The molecule has 0 aliphatic heterocycles. The van der Waals surface area contributed by atoms with Crippen LogP contribution in [-0.4, -0.2) is 11.7 Å². The van der Waals surface area contributed by atoms with Crippen LogP contribution in [0, 0.1) is 5.92 Å². The third-order valence-electron chi connectivity index (χ3n) is 2.92. The monoisotopic (exact) mass is 210 g/mol. The molecule has 0 saturated heterocycles. The van der Waals surface area contributed by atoms with Crippen LogP contribution >= 0.6 is 0 Å². The Balaban J connectivity index is 3.97. The third-order valence-corrected chi connectivity index (χ3v) is 2.92. The van der Waals surface area contributed by atoms with Crippen molar-refractivity contribution in [3.8, 4) is 0 Å². The van der Waals surface area contributed by atoms with Crippen LogP contribution in [0.5, 0.6) is 0 Å². The van der Waals surface area contributed by atoms with E-state index in [9.17, 15) is 0 Å². The summed E-state index contributed by atoms with van der Waals surface area (Å²) in [4.78, 5) is 0. The van der Waals surface area contributed by atoms with Gasteiger partial charge in [-0.1, -0.05) is 24.1 Å². The molecule has 15 heavy (non-hydrogen) atoms. The minimum atomic E-state index is 0.317. The van der Waals surface area contributed by atoms with Crippen molar-refractivity contribution in [3.63, 3.8) is 0 Å². The highest BCUT2D eigenvalue weighted by Crippen LogP contribution is 2.21. The highest BCUT2D eigenvalue weighted by atomic mass is 16.3. The van der Waals surface area contributed by atoms with Crippen molar-refractivity contribution in [3.05, 3.63) is 23.8 Å². The molecule has 1 N–H and O–H groups in total. The largest absolute Gasteiger partial charge is 0.396 e. The number of hydrogen-bond donors (Lipinski definition) is 1. The second-order valence-electron chi connectivity index (χ2n) is 4.59. The smallest absolute Gasteiger partial charge is 0.0433 e. The molecule has 1 heteroatoms. The molecule has 0 saturated carbocycles. The van der Waals surface area contributed by atoms with E-state index in [1.54, 1.807) is 5.57 Å². The van der Waals surface area contributed by atoms with Gasteiger partial charge in [0.15, 0.2) is 0 Å². The molecule has 0 aliphatic carbocycles. The summed E-state index contributed by atoms with van der Waals surface area (Å²) in [5, 5.41) is 8.83. The SMILES string of the molecule is C=CCCC(CCC(C)CCO)=C(C)C. The van der Waals surface area contributed by atoms with Gasteiger partial charge in [0.05, 0.1) is 0 Å². The molecule has 0 amide bonds. The van der Waals surface area contributed by atoms with E-state index in [1.165, 1.54) is 18.4 Å². The van der Waals surface area contributed by atoms with E-state index in [0.29, 0.717) is 12.5 Å². The van der Waals surface area contributed by atoms with Gasteiger partial charge in [0.2, 0.25) is 0 Å². The summed E-state index contributed by atoms with van der Waals surface area (Å²) in [6.07, 6.45) is 7.51. The summed E-state index contributed by atoms with van der Waals surface area (Å²) in [7, 11) is 0. The molecule has 1 unspecified atom stereocenters. The van der Waals surface area contributed by atoms with Gasteiger partial charge in [0.25, 0.3) is 0 Å². The zero-order valence-electron chi connectivity index (χ0n) is 10.6. The number of aliphatic hydroxyl groups is 1. The van der Waals surface area contributed by atoms with Gasteiger partial charge in [-0.3, -0.25) is 0 Å². The lowest BCUT2D eigenvalue weighted by molar-refractivity contribution is 0.258. The first kappa shape index (κ1) is 14.4. The molecule has 0 bridgehead atoms. The Morgan fingerprint density at radius 1 is 1.27 bits per heavy atom. The van der Waals surface area contributed by atoms with Crippen molar-refractivity contribution < 1.29 is 5.11 Å². The number of aliphatic hydroxyl groups excluding tert-OH is 1. The molecular formula is C14H26O. The molecule has 0 fully saturated rings. The molecule has 1 nitrogen and oxygen atoms in total. The summed E-state index contributed by atoms with van der Waals surface area (Å²) in [5.74, 6) is 0.632. The first-order valence-electron chi connectivity index (χ1n) is 5.98. The summed E-state index contributed by atoms with van der Waals surface area (Å²) in [6, 6.07) is 0. The molecule has 0 rings (SSSR count). The third kappa shape index (κ3) is 7.38. The number of allylic oxidation sites excluding steroid dienone is 3. The van der Waals surface area contributed by atoms with E-state index in [0.717, 1.165) is 19.3 Å². The van der Waals surface area contributed by atoms with Crippen molar-refractivity contribution in [2.24, 2.45) is 5.92 Å². The molecule has 0 aromatic heterocycles. The van der Waals surface area contributed by atoms with E-state index in [1.807, 2.05) is 6.08 Å². The van der Waals surface area contributed by atoms with E-state index in [4.69, 9.17) is 5.11 Å². The van der Waals surface area contributed by atoms with Crippen molar-refractivity contribution in [2.45, 2.75) is 52.9 Å². The van der Waals surface area contributed by atoms with Gasteiger partial charge in [-0.15, -0.1) is 6.58 Å². The second-order valence-corrected chi connectivity index (χ2v) is 4.59. The van der Waals surface area contributed by atoms with Crippen molar-refractivity contribution in [1.29, 1.82) is 0 Å². The molecule has 0 aromatic rings.